The third kappa shape index (κ3) is 5.62. The molecule has 0 unspecified atom stereocenters. The van der Waals surface area contributed by atoms with Gasteiger partial charge in [0.25, 0.3) is 5.91 Å². The Morgan fingerprint density at radius 1 is 1.35 bits per heavy atom. The Kier molecular flexibility index (Phi) is 7.06. The van der Waals surface area contributed by atoms with Gasteiger partial charge in [-0.3, -0.25) is 4.79 Å². The Morgan fingerprint density at radius 2 is 2.04 bits per heavy atom. The molecule has 0 aliphatic rings. The topological polar surface area (TPSA) is 89.2 Å². The lowest BCUT2D eigenvalue weighted by Gasteiger charge is -2.11. The highest BCUT2D eigenvalue weighted by Gasteiger charge is 2.09. The number of hydrogen-bond acceptors (Lipinski definition) is 4. The van der Waals surface area contributed by atoms with Gasteiger partial charge in [-0.05, 0) is 49.5 Å². The fourth-order valence-corrected chi connectivity index (χ4v) is 2.18. The van der Waals surface area contributed by atoms with Crippen LogP contribution in [0.2, 0.25) is 0 Å². The van der Waals surface area contributed by atoms with Crippen LogP contribution in [0.3, 0.4) is 0 Å². The van der Waals surface area contributed by atoms with E-state index in [9.17, 15) is 4.79 Å². The van der Waals surface area contributed by atoms with Gasteiger partial charge in [0.05, 0.1) is 11.3 Å². The first-order valence-electron chi connectivity index (χ1n) is 7.55. The number of benzene rings is 1. The fourth-order valence-electron chi connectivity index (χ4n) is 2.18. The van der Waals surface area contributed by atoms with Crippen molar-refractivity contribution in [1.82, 2.24) is 5.32 Å². The van der Waals surface area contributed by atoms with Gasteiger partial charge in [-0.15, -0.1) is 0 Å². The van der Waals surface area contributed by atoms with Crippen LogP contribution in [0, 0.1) is 23.7 Å². The largest absolute Gasteiger partial charge is 0.310 e. The van der Waals surface area contributed by atoms with Gasteiger partial charge in [0, 0.05) is 12.4 Å². The second-order valence-electron chi connectivity index (χ2n) is 5.74. The molecule has 0 aliphatic heterocycles. The van der Waals surface area contributed by atoms with E-state index in [4.69, 9.17) is 10.8 Å². The number of carbonyl (C=O) groups excluding carboxylic acids is 1. The molecule has 1 aromatic rings. The highest BCUT2D eigenvalue weighted by Crippen LogP contribution is 2.24. The van der Waals surface area contributed by atoms with E-state index in [0.717, 1.165) is 30.1 Å². The maximum absolute atomic E-state index is 11.9. The molecule has 1 rings (SSSR count). The molecule has 23 heavy (non-hydrogen) atoms. The van der Waals surface area contributed by atoms with Crippen molar-refractivity contribution < 1.29 is 4.79 Å². The van der Waals surface area contributed by atoms with Crippen LogP contribution in [0.4, 0.5) is 5.69 Å². The van der Waals surface area contributed by atoms with Gasteiger partial charge < -0.3 is 16.1 Å². The average Bonchev–Trinajstić information content (AvgIpc) is 2.48. The third-order valence-corrected chi connectivity index (χ3v) is 3.31. The lowest BCUT2D eigenvalue weighted by Crippen LogP contribution is -2.30. The van der Waals surface area contributed by atoms with Gasteiger partial charge in [-0.2, -0.15) is 0 Å². The van der Waals surface area contributed by atoms with Gasteiger partial charge in [0.1, 0.15) is 5.84 Å². The summed E-state index contributed by atoms with van der Waals surface area (Å²) in [7, 11) is 0. The minimum atomic E-state index is -0.444. The zero-order chi connectivity index (χ0) is 17.4. The van der Waals surface area contributed by atoms with Crippen LogP contribution in [-0.2, 0) is 11.2 Å². The SMILES string of the molecule is C/C(=N\c1cccc(CC(C)C)c1C)NC(=O)/C(C=N)=C/C=N. The molecule has 1 amide bonds. The summed E-state index contributed by atoms with van der Waals surface area (Å²) in [5.74, 6) is 0.577. The van der Waals surface area contributed by atoms with Crippen LogP contribution in [0.5, 0.6) is 0 Å². The van der Waals surface area contributed by atoms with E-state index in [-0.39, 0.29) is 5.57 Å². The molecule has 0 fully saturated rings. The van der Waals surface area contributed by atoms with E-state index in [1.54, 1.807) is 6.92 Å². The number of carbonyl (C=O) groups is 1. The number of nitrogens with one attached hydrogen (secondary N) is 3. The molecule has 0 radical (unpaired) electrons. The van der Waals surface area contributed by atoms with Crippen molar-refractivity contribution in [2.75, 3.05) is 0 Å². The smallest absolute Gasteiger partial charge is 0.258 e. The van der Waals surface area contributed by atoms with Crippen LogP contribution in [0.1, 0.15) is 31.9 Å². The van der Waals surface area contributed by atoms with Crippen molar-refractivity contribution >= 4 is 29.9 Å². The summed E-state index contributed by atoms with van der Waals surface area (Å²) in [4.78, 5) is 16.4. The Morgan fingerprint density at radius 3 is 2.61 bits per heavy atom. The van der Waals surface area contributed by atoms with Crippen molar-refractivity contribution in [2.24, 2.45) is 10.9 Å². The number of allylic oxidation sites excluding steroid dienone is 1. The molecule has 0 bridgehead atoms. The monoisotopic (exact) mass is 312 g/mol. The van der Waals surface area contributed by atoms with Gasteiger partial charge >= 0.3 is 0 Å². The summed E-state index contributed by atoms with van der Waals surface area (Å²) in [5.41, 5.74) is 3.30. The van der Waals surface area contributed by atoms with Gasteiger partial charge in [0.2, 0.25) is 0 Å². The third-order valence-electron chi connectivity index (χ3n) is 3.31. The molecule has 0 aliphatic carbocycles. The Balaban J connectivity index is 2.98. The maximum atomic E-state index is 11.9. The molecule has 0 saturated carbocycles. The molecule has 0 atom stereocenters. The minimum absolute atomic E-state index is 0.111. The number of rotatable bonds is 6. The van der Waals surface area contributed by atoms with Gasteiger partial charge in [0.15, 0.2) is 0 Å². The van der Waals surface area contributed by atoms with Gasteiger partial charge in [-0.1, -0.05) is 26.0 Å². The van der Waals surface area contributed by atoms with Crippen LogP contribution >= 0.6 is 0 Å². The first-order valence-corrected chi connectivity index (χ1v) is 7.55. The molecule has 5 nitrogen and oxygen atoms in total. The van der Waals surface area contributed by atoms with Crippen LogP contribution < -0.4 is 5.32 Å². The predicted octanol–water partition coefficient (Wildman–Crippen LogP) is 3.59. The van der Waals surface area contributed by atoms with Crippen LogP contribution in [-0.4, -0.2) is 24.2 Å². The van der Waals surface area contributed by atoms with E-state index < -0.39 is 5.91 Å². The van der Waals surface area contributed by atoms with Crippen molar-refractivity contribution in [3.63, 3.8) is 0 Å². The summed E-state index contributed by atoms with van der Waals surface area (Å²) in [6, 6.07) is 5.98. The number of amidine groups is 1. The molecular formula is C18H24N4O. The average molecular weight is 312 g/mol. The minimum Gasteiger partial charge on any atom is -0.310 e. The molecule has 0 saturated heterocycles. The molecule has 0 aromatic heterocycles. The van der Waals surface area contributed by atoms with Crippen LogP contribution in [0.15, 0.2) is 34.8 Å². The summed E-state index contributed by atoms with van der Waals surface area (Å²) < 4.78 is 0. The maximum Gasteiger partial charge on any atom is 0.258 e. The lowest BCUT2D eigenvalue weighted by molar-refractivity contribution is -0.115. The Labute approximate surface area is 137 Å². The number of amides is 1. The number of aliphatic imine (C=N–C) groups is 1. The quantitative estimate of drug-likeness (QED) is 0.418. The molecular weight excluding hydrogens is 288 g/mol. The number of nitrogens with zero attached hydrogens (tertiary/aromatic N) is 1. The van der Waals surface area contributed by atoms with Gasteiger partial charge in [-0.25, -0.2) is 4.99 Å². The summed E-state index contributed by atoms with van der Waals surface area (Å²) in [6.45, 7) is 8.09. The second-order valence-corrected chi connectivity index (χ2v) is 5.74. The van der Waals surface area contributed by atoms with Crippen molar-refractivity contribution in [2.45, 2.75) is 34.1 Å². The van der Waals surface area contributed by atoms with Crippen molar-refractivity contribution in [3.8, 4) is 0 Å². The first kappa shape index (κ1) is 18.5. The number of hydrogen-bond donors (Lipinski definition) is 3. The highest BCUT2D eigenvalue weighted by atomic mass is 16.1. The van der Waals surface area contributed by atoms with E-state index in [0.29, 0.717) is 11.8 Å². The van der Waals surface area contributed by atoms with Crippen molar-refractivity contribution in [3.05, 3.63) is 41.0 Å². The zero-order valence-corrected chi connectivity index (χ0v) is 14.1. The van der Waals surface area contributed by atoms with Crippen LogP contribution in [0.25, 0.3) is 0 Å². The molecule has 0 heterocycles. The Bertz CT molecular complexity index is 657. The molecule has 0 spiro atoms. The first-order chi connectivity index (χ1) is 10.9. The van der Waals surface area contributed by atoms with E-state index >= 15 is 0 Å². The fraction of sp³-hybridized carbons (Fsp3) is 0.333. The lowest BCUT2D eigenvalue weighted by atomic mass is 9.98. The standard InChI is InChI=1S/C18H24N4O/c1-12(2)10-15-6-5-7-17(13(15)3)21-14(4)22-18(23)16(11-20)8-9-19/h5-9,11-12,19-20H,10H2,1-4H3,(H,21,22,23)/b16-8+,19-9?,20-11?. The normalized spacial score (nSPS) is 12.2. The summed E-state index contributed by atoms with van der Waals surface area (Å²) in [5, 5.41) is 16.8. The highest BCUT2D eigenvalue weighted by molar-refractivity contribution is 6.18. The van der Waals surface area contributed by atoms with E-state index in [1.807, 2.05) is 19.1 Å². The summed E-state index contributed by atoms with van der Waals surface area (Å²) >= 11 is 0. The molecule has 1 aromatic carbocycles. The van der Waals surface area contributed by atoms with E-state index in [2.05, 4.69) is 30.2 Å². The predicted molar refractivity (Wildman–Crippen MR) is 96.3 cm³/mol. The second kappa shape index (κ2) is 8.78. The van der Waals surface area contributed by atoms with E-state index in [1.165, 1.54) is 11.6 Å². The molecule has 5 heteroatoms. The molecule has 122 valence electrons. The van der Waals surface area contributed by atoms with Crippen molar-refractivity contribution in [1.29, 1.82) is 10.8 Å². The zero-order valence-electron chi connectivity index (χ0n) is 14.1. The molecule has 3 N–H and O–H groups in total. The Hall–Kier alpha value is -2.56. The summed E-state index contributed by atoms with van der Waals surface area (Å²) in [6.07, 6.45) is 4.15.